The number of carbonyl (C=O) groups is 1. The standard InChI is InChI=1S/C14H14O2.2CHF3O3S.5H3N.Os/c1-11(15)13-9-10-16-14(13)8-7-12-5-3-2-4-6-12;2*2-1(3,4)8(5,6)7;;;;;;/h2-10,13-14H,1H3;2*(H,5,6,7);5*1H3;/q;;;;;;;;+2/p-2/b8-7+;;;;;;;;/t13-,14-;;;;;;;;/m1......../s1. The molecule has 0 aromatic heterocycles. The average molecular weight is 788 g/mol. The molecule has 228 valence electrons. The smallest absolute Gasteiger partial charge is 0.741 e. The molecule has 15 N–H and O–H groups in total. The van der Waals surface area contributed by atoms with E-state index in [2.05, 4.69) is 0 Å². The maximum atomic E-state index is 11.3. The van der Waals surface area contributed by atoms with Gasteiger partial charge in [0.1, 0.15) is 11.9 Å². The molecule has 0 saturated heterocycles. The Morgan fingerprint density at radius 1 is 0.842 bits per heavy atom. The minimum Gasteiger partial charge on any atom is -0.741 e. The van der Waals surface area contributed by atoms with Crippen LogP contribution in [0.3, 0.4) is 0 Å². The number of ether oxygens (including phenoxy) is 1. The molecule has 1 aromatic rings. The third-order valence-electron chi connectivity index (χ3n) is 3.19. The van der Waals surface area contributed by atoms with Crippen molar-refractivity contribution in [1.82, 2.24) is 30.8 Å². The van der Waals surface area contributed by atoms with Crippen LogP contribution in [0, 0.1) is 5.92 Å². The fraction of sp³-hybridized carbons (Fsp3) is 0.312. The van der Waals surface area contributed by atoms with Crippen LogP contribution < -0.4 is 30.8 Å². The number of Topliss-reactive ketones (excluding diaryl/α,β-unsaturated/α-hetero) is 1. The number of hydrogen-bond acceptors (Lipinski definition) is 13. The minimum atomic E-state index is -6.09. The van der Waals surface area contributed by atoms with Gasteiger partial charge in [-0.1, -0.05) is 36.4 Å². The number of halogens is 6. The van der Waals surface area contributed by atoms with Gasteiger partial charge in [0.15, 0.2) is 20.2 Å². The number of alkyl halides is 6. The molecule has 13 nitrogen and oxygen atoms in total. The molecule has 1 aromatic carbocycles. The summed E-state index contributed by atoms with van der Waals surface area (Å²) in [7, 11) is -12.2. The molecule has 0 aliphatic carbocycles. The Bertz CT molecular complexity index is 999. The van der Waals surface area contributed by atoms with Gasteiger partial charge < -0.3 is 44.6 Å². The molecule has 0 fully saturated rings. The summed E-state index contributed by atoms with van der Waals surface area (Å²) in [4.78, 5) is 11.3. The first kappa shape index (κ1) is 52.4. The van der Waals surface area contributed by atoms with Crippen LogP contribution in [0.1, 0.15) is 12.5 Å². The molecule has 0 amide bonds. The van der Waals surface area contributed by atoms with Crippen molar-refractivity contribution in [2.75, 3.05) is 0 Å². The normalized spacial score (nSPS) is 15.8. The SMILES string of the molecule is CC(=O)[C@H]1C=CO[C@@H]1/C=C/c1ccccc1.N.N.N.N.N.O=S(=O)([O-])C(F)(F)F.O=S(=O)([O-])C(F)(F)F.[Os+2]. The molecule has 0 radical (unpaired) electrons. The number of rotatable bonds is 3. The minimum absolute atomic E-state index is 0. The van der Waals surface area contributed by atoms with Gasteiger partial charge in [0, 0.05) is 0 Å². The van der Waals surface area contributed by atoms with Crippen molar-refractivity contribution in [3.63, 3.8) is 0 Å². The number of carbonyl (C=O) groups excluding carboxylic acids is 1. The Hall–Kier alpha value is -1.99. The number of hydrogen-bond donors (Lipinski definition) is 5. The van der Waals surface area contributed by atoms with Crippen molar-refractivity contribution in [1.29, 1.82) is 0 Å². The van der Waals surface area contributed by atoms with Gasteiger partial charge in [0.2, 0.25) is 0 Å². The molecular weight excluding hydrogens is 759 g/mol. The van der Waals surface area contributed by atoms with Gasteiger partial charge in [-0.05, 0) is 24.6 Å². The first-order valence-electron chi connectivity index (χ1n) is 7.87. The Morgan fingerprint density at radius 3 is 1.47 bits per heavy atom. The van der Waals surface area contributed by atoms with Crippen LogP contribution in [0.2, 0.25) is 0 Å². The van der Waals surface area contributed by atoms with Gasteiger partial charge in [-0.25, -0.2) is 16.8 Å². The van der Waals surface area contributed by atoms with E-state index in [-0.39, 0.29) is 68.3 Å². The van der Waals surface area contributed by atoms with E-state index in [0.717, 1.165) is 5.56 Å². The van der Waals surface area contributed by atoms with Crippen LogP contribution in [0.25, 0.3) is 6.08 Å². The summed E-state index contributed by atoms with van der Waals surface area (Å²) in [5, 5.41) is 0. The van der Waals surface area contributed by atoms with E-state index < -0.39 is 31.3 Å². The van der Waals surface area contributed by atoms with Crippen molar-refractivity contribution in [3.05, 3.63) is 54.3 Å². The molecule has 2 atom stereocenters. The van der Waals surface area contributed by atoms with Crippen LogP contribution in [0.5, 0.6) is 0 Å². The molecule has 0 bridgehead atoms. The third kappa shape index (κ3) is 20.0. The first-order chi connectivity index (χ1) is 14.3. The van der Waals surface area contributed by atoms with E-state index in [1.54, 1.807) is 13.2 Å². The molecule has 1 aliphatic rings. The Morgan fingerprint density at radius 2 is 1.18 bits per heavy atom. The van der Waals surface area contributed by atoms with Crippen LogP contribution in [-0.4, -0.2) is 48.8 Å². The van der Waals surface area contributed by atoms with Gasteiger partial charge >= 0.3 is 30.8 Å². The summed E-state index contributed by atoms with van der Waals surface area (Å²) in [6, 6.07) is 9.97. The summed E-state index contributed by atoms with van der Waals surface area (Å²) in [6.07, 6.45) is 7.17. The molecule has 1 aliphatic heterocycles. The van der Waals surface area contributed by atoms with Crippen LogP contribution in [0.15, 0.2) is 48.7 Å². The second kappa shape index (κ2) is 20.9. The van der Waals surface area contributed by atoms with E-state index in [1.165, 1.54) is 0 Å². The zero-order valence-corrected chi connectivity index (χ0v) is 23.8. The summed E-state index contributed by atoms with van der Waals surface area (Å²) in [6.45, 7) is 1.59. The van der Waals surface area contributed by atoms with Crippen molar-refractivity contribution >= 4 is 32.1 Å². The second-order valence-electron chi connectivity index (χ2n) is 5.64. The monoisotopic (exact) mass is 789 g/mol. The second-order valence-corrected chi connectivity index (χ2v) is 8.38. The van der Waals surface area contributed by atoms with Crippen LogP contribution in [0.4, 0.5) is 26.3 Å². The Balaban J connectivity index is -0.0000000768. The zero-order valence-electron chi connectivity index (χ0n) is 19.6. The summed E-state index contributed by atoms with van der Waals surface area (Å²) < 4.78 is 123. The van der Waals surface area contributed by atoms with E-state index in [1.807, 2.05) is 48.6 Å². The van der Waals surface area contributed by atoms with E-state index in [4.69, 9.17) is 30.7 Å². The Labute approximate surface area is 228 Å². The summed E-state index contributed by atoms with van der Waals surface area (Å²) in [5.74, 6) is -0.00331. The zero-order chi connectivity index (χ0) is 25.4. The third-order valence-corrected chi connectivity index (χ3v) is 4.32. The molecule has 1 heterocycles. The predicted octanol–water partition coefficient (Wildman–Crippen LogP) is 3.73. The summed E-state index contributed by atoms with van der Waals surface area (Å²) >= 11 is 0. The molecule has 38 heavy (non-hydrogen) atoms. The molecular formula is C16H29F6N5O8OsS2. The van der Waals surface area contributed by atoms with Gasteiger partial charge in [0.25, 0.3) is 0 Å². The molecule has 22 heteroatoms. The van der Waals surface area contributed by atoms with Crippen LogP contribution in [-0.2, 0) is 49.6 Å². The maximum Gasteiger partial charge on any atom is 2.00 e. The van der Waals surface area contributed by atoms with Gasteiger partial charge in [-0.15, -0.1) is 0 Å². The van der Waals surface area contributed by atoms with Crippen molar-refractivity contribution < 1.29 is 81.6 Å². The Kier molecular flexibility index (Phi) is 28.8. The first-order valence-corrected chi connectivity index (χ1v) is 10.7. The topological polar surface area (TPSA) is 316 Å². The van der Waals surface area contributed by atoms with Crippen molar-refractivity contribution in [2.24, 2.45) is 5.92 Å². The van der Waals surface area contributed by atoms with Gasteiger partial charge in [-0.2, -0.15) is 26.3 Å². The maximum absolute atomic E-state index is 11.3. The quantitative estimate of drug-likeness (QED) is 0.166. The fourth-order valence-electron chi connectivity index (χ4n) is 1.72. The predicted molar refractivity (Wildman–Crippen MR) is 120 cm³/mol. The summed E-state index contributed by atoms with van der Waals surface area (Å²) in [5.41, 5.74) is -10.2. The van der Waals surface area contributed by atoms with Crippen molar-refractivity contribution in [3.8, 4) is 0 Å². The number of benzene rings is 1. The fourth-order valence-corrected chi connectivity index (χ4v) is 1.72. The van der Waals surface area contributed by atoms with Crippen LogP contribution >= 0.6 is 0 Å². The number of ketones is 1. The van der Waals surface area contributed by atoms with Crippen molar-refractivity contribution in [2.45, 2.75) is 24.0 Å². The van der Waals surface area contributed by atoms with Gasteiger partial charge in [-0.3, -0.25) is 4.79 Å². The van der Waals surface area contributed by atoms with E-state index in [0.29, 0.717) is 0 Å². The molecule has 0 spiro atoms. The van der Waals surface area contributed by atoms with Gasteiger partial charge in [0.05, 0.1) is 12.2 Å². The molecule has 0 unspecified atom stereocenters. The van der Waals surface area contributed by atoms with E-state index >= 15 is 0 Å². The molecule has 0 saturated carbocycles. The largest absolute Gasteiger partial charge is 2.00 e. The average Bonchev–Trinajstić information content (AvgIpc) is 3.07. The van der Waals surface area contributed by atoms with E-state index in [9.17, 15) is 31.1 Å². The molecule has 2 rings (SSSR count).